The first-order valence-corrected chi connectivity index (χ1v) is 7.55. The number of imide groups is 1. The van der Waals surface area contributed by atoms with E-state index >= 15 is 0 Å². The highest BCUT2D eigenvalue weighted by Gasteiger charge is 2.33. The fourth-order valence-electron chi connectivity index (χ4n) is 2.36. The van der Waals surface area contributed by atoms with E-state index in [4.69, 9.17) is 10.5 Å². The lowest BCUT2D eigenvalue weighted by Gasteiger charge is -2.15. The van der Waals surface area contributed by atoms with E-state index in [1.807, 2.05) is 0 Å². The third-order valence-electron chi connectivity index (χ3n) is 3.57. The molecule has 2 aromatic rings. The lowest BCUT2D eigenvalue weighted by molar-refractivity contribution is -0.274. The van der Waals surface area contributed by atoms with E-state index in [1.165, 1.54) is 31.2 Å². The number of alkyl halides is 3. The molecule has 0 aliphatic carbocycles. The largest absolute Gasteiger partial charge is 0.573 e. The van der Waals surface area contributed by atoms with Gasteiger partial charge in [0.15, 0.2) is 5.82 Å². The quantitative estimate of drug-likeness (QED) is 0.788. The number of ether oxygens (including phenoxy) is 2. The van der Waals surface area contributed by atoms with Gasteiger partial charge in [-0.25, -0.2) is 9.69 Å². The van der Waals surface area contributed by atoms with E-state index in [2.05, 4.69) is 15.0 Å². The molecular weight excluding hydrogens is 369 g/mol. The summed E-state index contributed by atoms with van der Waals surface area (Å²) in [6.45, 7) is 1.30. The second kappa shape index (κ2) is 6.67. The number of carbonyl (C=O) groups is 2. The monoisotopic (exact) mass is 382 g/mol. The topological polar surface area (TPSA) is 107 Å². The van der Waals surface area contributed by atoms with Crippen LogP contribution in [0, 0.1) is 6.92 Å². The standard InChI is InChI=1S/C16H13F3N4O4/c1-8-2-3-9(6-11(8)27-16(17,18)19)26-12-5-4-10(14(20)22-12)23-13(24)7-21-15(23)25/h2-6H,7H2,1H3,(H2,20,22)(H,21,25). The molecule has 3 rings (SSSR count). The van der Waals surface area contributed by atoms with E-state index in [1.54, 1.807) is 0 Å². The molecule has 1 fully saturated rings. The van der Waals surface area contributed by atoms with Gasteiger partial charge < -0.3 is 20.5 Å². The summed E-state index contributed by atoms with van der Waals surface area (Å²) >= 11 is 0. The third-order valence-corrected chi connectivity index (χ3v) is 3.57. The van der Waals surface area contributed by atoms with Crippen molar-refractivity contribution in [3.63, 3.8) is 0 Å². The molecule has 1 aromatic carbocycles. The van der Waals surface area contributed by atoms with Gasteiger partial charge in [-0.1, -0.05) is 6.07 Å². The lowest BCUT2D eigenvalue weighted by atomic mass is 10.2. The first kappa shape index (κ1) is 18.3. The Morgan fingerprint density at radius 1 is 1.22 bits per heavy atom. The van der Waals surface area contributed by atoms with Crippen molar-refractivity contribution in [1.29, 1.82) is 0 Å². The zero-order valence-corrected chi connectivity index (χ0v) is 13.8. The minimum Gasteiger partial charge on any atom is -0.439 e. The Hall–Kier alpha value is -3.50. The number of hydrogen-bond donors (Lipinski definition) is 2. The third kappa shape index (κ3) is 4.02. The molecule has 8 nitrogen and oxygen atoms in total. The van der Waals surface area contributed by atoms with Gasteiger partial charge in [-0.3, -0.25) is 4.79 Å². The molecule has 27 heavy (non-hydrogen) atoms. The highest BCUT2D eigenvalue weighted by molar-refractivity contribution is 6.20. The van der Waals surface area contributed by atoms with E-state index in [0.29, 0.717) is 0 Å². The number of nitrogens with two attached hydrogens (primary N) is 1. The second-order valence-corrected chi connectivity index (χ2v) is 5.52. The van der Waals surface area contributed by atoms with Crippen LogP contribution in [0.3, 0.4) is 0 Å². The van der Waals surface area contributed by atoms with Crippen molar-refractivity contribution in [2.45, 2.75) is 13.3 Å². The number of nitrogen functional groups attached to an aromatic ring is 1. The lowest BCUT2D eigenvalue weighted by Crippen LogP contribution is -2.31. The van der Waals surface area contributed by atoms with Crippen molar-refractivity contribution in [2.75, 3.05) is 17.2 Å². The molecule has 3 N–H and O–H groups in total. The predicted octanol–water partition coefficient (Wildman–Crippen LogP) is 2.72. The number of aromatic nitrogens is 1. The van der Waals surface area contributed by atoms with Crippen LogP contribution in [0.4, 0.5) is 29.5 Å². The Morgan fingerprint density at radius 3 is 2.56 bits per heavy atom. The van der Waals surface area contributed by atoms with Gasteiger partial charge in [-0.2, -0.15) is 4.98 Å². The van der Waals surface area contributed by atoms with Gasteiger partial charge >= 0.3 is 12.4 Å². The highest BCUT2D eigenvalue weighted by Crippen LogP contribution is 2.33. The fourth-order valence-corrected chi connectivity index (χ4v) is 2.36. The summed E-state index contributed by atoms with van der Waals surface area (Å²) in [6, 6.07) is 5.93. The molecule has 1 aliphatic rings. The summed E-state index contributed by atoms with van der Waals surface area (Å²) in [6.07, 6.45) is -4.84. The van der Waals surface area contributed by atoms with Crippen molar-refractivity contribution in [3.05, 3.63) is 35.9 Å². The summed E-state index contributed by atoms with van der Waals surface area (Å²) < 4.78 is 46.6. The number of nitrogens with zero attached hydrogens (tertiary/aromatic N) is 2. The van der Waals surface area contributed by atoms with Crippen LogP contribution in [0.25, 0.3) is 0 Å². The van der Waals surface area contributed by atoms with Crippen LogP contribution in [0.15, 0.2) is 30.3 Å². The van der Waals surface area contributed by atoms with Crippen molar-refractivity contribution in [2.24, 2.45) is 0 Å². The van der Waals surface area contributed by atoms with Gasteiger partial charge in [0.1, 0.15) is 11.5 Å². The molecule has 3 amide bonds. The van der Waals surface area contributed by atoms with Crippen LogP contribution in [-0.4, -0.2) is 29.8 Å². The van der Waals surface area contributed by atoms with Crippen molar-refractivity contribution >= 4 is 23.4 Å². The Balaban J connectivity index is 1.82. The number of anilines is 2. The van der Waals surface area contributed by atoms with Gasteiger partial charge in [0, 0.05) is 12.1 Å². The average Bonchev–Trinajstić information content (AvgIpc) is 2.89. The second-order valence-electron chi connectivity index (χ2n) is 5.52. The number of rotatable bonds is 4. The predicted molar refractivity (Wildman–Crippen MR) is 87.5 cm³/mol. The minimum atomic E-state index is -4.84. The number of aryl methyl sites for hydroxylation is 1. The van der Waals surface area contributed by atoms with Crippen LogP contribution in [0.5, 0.6) is 17.4 Å². The summed E-state index contributed by atoms with van der Waals surface area (Å²) in [5.41, 5.74) is 6.12. The van der Waals surface area contributed by atoms with Gasteiger partial charge in [0.25, 0.3) is 5.91 Å². The molecule has 0 spiro atoms. The van der Waals surface area contributed by atoms with Gasteiger partial charge in [-0.15, -0.1) is 13.2 Å². The molecule has 0 bridgehead atoms. The summed E-state index contributed by atoms with van der Waals surface area (Å²) in [7, 11) is 0. The number of amides is 3. The van der Waals surface area contributed by atoms with Crippen LogP contribution < -0.4 is 25.4 Å². The maximum Gasteiger partial charge on any atom is 0.573 e. The number of hydrogen-bond acceptors (Lipinski definition) is 6. The molecule has 11 heteroatoms. The van der Waals surface area contributed by atoms with Crippen LogP contribution in [0.2, 0.25) is 0 Å². The number of halogens is 3. The molecule has 142 valence electrons. The molecule has 1 saturated heterocycles. The Kier molecular flexibility index (Phi) is 4.52. The van der Waals surface area contributed by atoms with Gasteiger partial charge in [-0.05, 0) is 24.6 Å². The number of urea groups is 1. The van der Waals surface area contributed by atoms with Gasteiger partial charge in [0.05, 0.1) is 12.2 Å². The highest BCUT2D eigenvalue weighted by atomic mass is 19.4. The number of pyridine rings is 1. The van der Waals surface area contributed by atoms with E-state index in [0.717, 1.165) is 11.0 Å². The smallest absolute Gasteiger partial charge is 0.439 e. The van der Waals surface area contributed by atoms with Crippen molar-refractivity contribution < 1.29 is 32.2 Å². The molecule has 0 saturated carbocycles. The SMILES string of the molecule is Cc1ccc(Oc2ccc(N3C(=O)CNC3=O)c(N)n2)cc1OC(F)(F)F. The van der Waals surface area contributed by atoms with Crippen LogP contribution >= 0.6 is 0 Å². The molecule has 2 heterocycles. The number of carbonyl (C=O) groups excluding carboxylic acids is 2. The Labute approximate surface area is 150 Å². The molecule has 1 aromatic heterocycles. The number of benzene rings is 1. The van der Waals surface area contributed by atoms with E-state index in [9.17, 15) is 22.8 Å². The normalized spacial score (nSPS) is 14.3. The number of nitrogens with one attached hydrogen (secondary N) is 1. The maximum absolute atomic E-state index is 12.4. The van der Waals surface area contributed by atoms with Crippen LogP contribution in [0.1, 0.15) is 5.56 Å². The van der Waals surface area contributed by atoms with E-state index in [-0.39, 0.29) is 35.2 Å². The molecule has 0 radical (unpaired) electrons. The Morgan fingerprint density at radius 2 is 1.96 bits per heavy atom. The average molecular weight is 382 g/mol. The zero-order valence-electron chi connectivity index (χ0n) is 13.8. The Bertz CT molecular complexity index is 901. The fraction of sp³-hybridized carbons (Fsp3) is 0.188. The minimum absolute atomic E-state index is 0.0366. The first-order chi connectivity index (χ1) is 12.6. The zero-order chi connectivity index (χ0) is 19.8. The molecule has 1 aliphatic heterocycles. The molecular formula is C16H13F3N4O4. The summed E-state index contributed by atoms with van der Waals surface area (Å²) in [4.78, 5) is 28.2. The molecule has 0 unspecified atom stereocenters. The first-order valence-electron chi connectivity index (χ1n) is 7.55. The van der Waals surface area contributed by atoms with Crippen molar-refractivity contribution in [3.8, 4) is 17.4 Å². The van der Waals surface area contributed by atoms with Crippen molar-refractivity contribution in [1.82, 2.24) is 10.3 Å². The van der Waals surface area contributed by atoms with Gasteiger partial charge in [0.2, 0.25) is 5.88 Å². The molecule has 0 atom stereocenters. The summed E-state index contributed by atoms with van der Waals surface area (Å²) in [5, 5.41) is 2.35. The van der Waals surface area contributed by atoms with Crippen LogP contribution in [-0.2, 0) is 4.79 Å². The summed E-state index contributed by atoms with van der Waals surface area (Å²) in [5.74, 6) is -1.06. The van der Waals surface area contributed by atoms with E-state index < -0.39 is 24.1 Å². The maximum atomic E-state index is 12.4.